The van der Waals surface area contributed by atoms with E-state index in [0.29, 0.717) is 0 Å². The molecule has 0 bridgehead atoms. The van der Waals surface area contributed by atoms with Crippen LogP contribution in [0.15, 0.2) is 24.5 Å². The molecule has 1 aromatic heterocycles. The van der Waals surface area contributed by atoms with Crippen LogP contribution in [0, 0.1) is 20.8 Å². The Kier molecular flexibility index (Phi) is 4.78. The lowest BCUT2D eigenvalue weighted by molar-refractivity contribution is 0.842. The van der Waals surface area contributed by atoms with Gasteiger partial charge in [0.2, 0.25) is 0 Å². The number of hydrogen-bond acceptors (Lipinski definition) is 4. The lowest BCUT2D eigenvalue weighted by Gasteiger charge is -2.20. The van der Waals surface area contributed by atoms with Crippen molar-refractivity contribution in [2.75, 3.05) is 23.3 Å². The Morgan fingerprint density at radius 1 is 0.952 bits per heavy atom. The molecule has 112 valence electrons. The average molecular weight is 284 g/mol. The van der Waals surface area contributed by atoms with Gasteiger partial charge in [-0.3, -0.25) is 0 Å². The van der Waals surface area contributed by atoms with Crippen molar-refractivity contribution in [3.8, 4) is 0 Å². The van der Waals surface area contributed by atoms with Crippen LogP contribution in [0.5, 0.6) is 0 Å². The highest BCUT2D eigenvalue weighted by Crippen LogP contribution is 2.26. The van der Waals surface area contributed by atoms with E-state index in [4.69, 9.17) is 0 Å². The first-order valence-corrected chi connectivity index (χ1v) is 7.47. The maximum Gasteiger partial charge on any atom is 0.135 e. The molecule has 2 aromatic rings. The van der Waals surface area contributed by atoms with Crippen molar-refractivity contribution < 1.29 is 0 Å². The van der Waals surface area contributed by atoms with E-state index in [1.165, 1.54) is 16.7 Å². The third-order valence-corrected chi connectivity index (χ3v) is 3.67. The molecule has 0 aliphatic rings. The highest BCUT2D eigenvalue weighted by atomic mass is 15.2. The first-order chi connectivity index (χ1) is 10.0. The fourth-order valence-electron chi connectivity index (χ4n) is 2.64. The fraction of sp³-hybridized carbons (Fsp3) is 0.412. The zero-order valence-corrected chi connectivity index (χ0v) is 13.6. The molecular formula is C17H24N4. The molecule has 0 spiro atoms. The van der Waals surface area contributed by atoms with Gasteiger partial charge in [-0.05, 0) is 45.7 Å². The van der Waals surface area contributed by atoms with Crippen molar-refractivity contribution in [3.05, 3.63) is 41.2 Å². The quantitative estimate of drug-likeness (QED) is 0.901. The molecule has 0 saturated heterocycles. The van der Waals surface area contributed by atoms with Gasteiger partial charge in [0, 0.05) is 24.8 Å². The van der Waals surface area contributed by atoms with E-state index in [1.807, 2.05) is 6.07 Å². The summed E-state index contributed by atoms with van der Waals surface area (Å²) in [6, 6.07) is 6.37. The molecule has 2 rings (SSSR count). The Balaban J connectivity index is 2.30. The SMILES string of the molecule is CCN(CC)c1cc(Nc2c(C)cc(C)cc2C)ncn1. The van der Waals surface area contributed by atoms with E-state index < -0.39 is 0 Å². The van der Waals surface area contributed by atoms with Crippen molar-refractivity contribution >= 4 is 17.3 Å². The lowest BCUT2D eigenvalue weighted by Crippen LogP contribution is -2.23. The summed E-state index contributed by atoms with van der Waals surface area (Å²) in [5, 5.41) is 3.43. The number of nitrogens with zero attached hydrogens (tertiary/aromatic N) is 3. The van der Waals surface area contributed by atoms with Gasteiger partial charge in [0.05, 0.1) is 0 Å². The smallest absolute Gasteiger partial charge is 0.135 e. The third kappa shape index (κ3) is 3.51. The predicted octanol–water partition coefficient (Wildman–Crippen LogP) is 3.99. The molecule has 4 nitrogen and oxygen atoms in total. The van der Waals surface area contributed by atoms with Gasteiger partial charge in [0.1, 0.15) is 18.0 Å². The number of aromatic nitrogens is 2. The standard InChI is InChI=1S/C17H24N4/c1-6-21(7-2)16-10-15(18-11-19-16)20-17-13(4)8-12(3)9-14(17)5/h8-11H,6-7H2,1-5H3,(H,18,19,20). The molecule has 0 atom stereocenters. The monoisotopic (exact) mass is 284 g/mol. The van der Waals surface area contributed by atoms with Gasteiger partial charge in [-0.1, -0.05) is 17.7 Å². The minimum Gasteiger partial charge on any atom is -0.357 e. The molecule has 4 heteroatoms. The fourth-order valence-corrected chi connectivity index (χ4v) is 2.64. The van der Waals surface area contributed by atoms with E-state index in [1.54, 1.807) is 6.33 Å². The van der Waals surface area contributed by atoms with Gasteiger partial charge in [0.25, 0.3) is 0 Å². The van der Waals surface area contributed by atoms with Crippen LogP contribution >= 0.6 is 0 Å². The normalized spacial score (nSPS) is 10.5. The molecule has 1 heterocycles. The van der Waals surface area contributed by atoms with E-state index in [2.05, 4.69) is 66.9 Å². The first-order valence-electron chi connectivity index (χ1n) is 7.47. The molecule has 0 amide bonds. The van der Waals surface area contributed by atoms with E-state index in [9.17, 15) is 0 Å². The van der Waals surface area contributed by atoms with Crippen LogP contribution in [0.4, 0.5) is 17.3 Å². The Labute approximate surface area is 127 Å². The van der Waals surface area contributed by atoms with Gasteiger partial charge in [-0.2, -0.15) is 0 Å². The Morgan fingerprint density at radius 3 is 2.14 bits per heavy atom. The second-order valence-electron chi connectivity index (χ2n) is 5.33. The van der Waals surface area contributed by atoms with Crippen LogP contribution in [0.3, 0.4) is 0 Å². The Morgan fingerprint density at radius 2 is 1.57 bits per heavy atom. The van der Waals surface area contributed by atoms with E-state index in [0.717, 1.165) is 30.4 Å². The maximum atomic E-state index is 4.36. The zero-order valence-electron chi connectivity index (χ0n) is 13.6. The van der Waals surface area contributed by atoms with Gasteiger partial charge < -0.3 is 10.2 Å². The van der Waals surface area contributed by atoms with Crippen LogP contribution in [0.25, 0.3) is 0 Å². The number of hydrogen-bond donors (Lipinski definition) is 1. The molecule has 21 heavy (non-hydrogen) atoms. The summed E-state index contributed by atoms with van der Waals surface area (Å²) < 4.78 is 0. The second-order valence-corrected chi connectivity index (χ2v) is 5.33. The Hall–Kier alpha value is -2.10. The van der Waals surface area contributed by atoms with Crippen LogP contribution in [-0.2, 0) is 0 Å². The van der Waals surface area contributed by atoms with Gasteiger partial charge in [-0.15, -0.1) is 0 Å². The summed E-state index contributed by atoms with van der Waals surface area (Å²) in [6.45, 7) is 12.5. The number of anilines is 3. The average Bonchev–Trinajstić information content (AvgIpc) is 2.45. The van der Waals surface area contributed by atoms with Crippen LogP contribution in [-0.4, -0.2) is 23.1 Å². The molecule has 0 saturated carbocycles. The van der Waals surface area contributed by atoms with Crippen LogP contribution < -0.4 is 10.2 Å². The van der Waals surface area contributed by atoms with E-state index >= 15 is 0 Å². The third-order valence-electron chi connectivity index (χ3n) is 3.67. The number of rotatable bonds is 5. The van der Waals surface area contributed by atoms with Crippen LogP contribution in [0.2, 0.25) is 0 Å². The molecule has 0 aliphatic carbocycles. The first kappa shape index (κ1) is 15.3. The lowest BCUT2D eigenvalue weighted by atomic mass is 10.1. The molecule has 0 unspecified atom stereocenters. The Bertz CT molecular complexity index is 595. The molecule has 1 N–H and O–H groups in total. The number of nitrogens with one attached hydrogen (secondary N) is 1. The van der Waals surface area contributed by atoms with Crippen molar-refractivity contribution in [3.63, 3.8) is 0 Å². The van der Waals surface area contributed by atoms with Gasteiger partial charge >= 0.3 is 0 Å². The summed E-state index contributed by atoms with van der Waals surface area (Å²) >= 11 is 0. The van der Waals surface area contributed by atoms with Crippen molar-refractivity contribution in [2.45, 2.75) is 34.6 Å². The highest BCUT2D eigenvalue weighted by Gasteiger charge is 2.08. The zero-order chi connectivity index (χ0) is 15.4. The summed E-state index contributed by atoms with van der Waals surface area (Å²) in [4.78, 5) is 10.9. The maximum absolute atomic E-state index is 4.36. The van der Waals surface area contributed by atoms with Crippen molar-refractivity contribution in [2.24, 2.45) is 0 Å². The van der Waals surface area contributed by atoms with Gasteiger partial charge in [0.15, 0.2) is 0 Å². The summed E-state index contributed by atoms with van der Waals surface area (Å²) in [6.07, 6.45) is 1.62. The molecule has 0 aliphatic heterocycles. The van der Waals surface area contributed by atoms with Crippen molar-refractivity contribution in [1.82, 2.24) is 9.97 Å². The predicted molar refractivity (Wildman–Crippen MR) is 89.5 cm³/mol. The molecule has 0 radical (unpaired) electrons. The molecular weight excluding hydrogens is 260 g/mol. The largest absolute Gasteiger partial charge is 0.357 e. The van der Waals surface area contributed by atoms with Crippen LogP contribution in [0.1, 0.15) is 30.5 Å². The number of aryl methyl sites for hydroxylation is 3. The summed E-state index contributed by atoms with van der Waals surface area (Å²) in [5.74, 6) is 1.79. The summed E-state index contributed by atoms with van der Waals surface area (Å²) in [7, 11) is 0. The summed E-state index contributed by atoms with van der Waals surface area (Å²) in [5.41, 5.74) is 4.87. The minimum absolute atomic E-state index is 0.835. The number of benzene rings is 1. The second kappa shape index (κ2) is 6.57. The van der Waals surface area contributed by atoms with E-state index in [-0.39, 0.29) is 0 Å². The molecule has 1 aromatic carbocycles. The van der Waals surface area contributed by atoms with Crippen molar-refractivity contribution in [1.29, 1.82) is 0 Å². The van der Waals surface area contributed by atoms with Gasteiger partial charge in [-0.25, -0.2) is 9.97 Å². The topological polar surface area (TPSA) is 41.0 Å². The molecule has 0 fully saturated rings. The highest BCUT2D eigenvalue weighted by molar-refractivity contribution is 5.66. The minimum atomic E-state index is 0.835.